The number of nitrogens with zero attached hydrogens (tertiary/aromatic N) is 1. The van der Waals surface area contributed by atoms with Gasteiger partial charge in [0.2, 0.25) is 0 Å². The zero-order chi connectivity index (χ0) is 15.4. The third-order valence-electron chi connectivity index (χ3n) is 2.91. The van der Waals surface area contributed by atoms with Gasteiger partial charge in [-0.3, -0.25) is 5.32 Å². The molecule has 0 aliphatic carbocycles. The van der Waals surface area contributed by atoms with E-state index < -0.39 is 6.03 Å². The Bertz CT molecular complexity index is 770. The summed E-state index contributed by atoms with van der Waals surface area (Å²) in [5.41, 5.74) is 1.34. The Morgan fingerprint density at radius 3 is 2.45 bits per heavy atom. The Labute approximate surface area is 125 Å². The largest absolute Gasteiger partial charge is 0.354 e. The summed E-state index contributed by atoms with van der Waals surface area (Å²) in [4.78, 5) is 11.8. The molecule has 110 valence electrons. The van der Waals surface area contributed by atoms with Crippen LogP contribution in [-0.2, 0) is 0 Å². The molecule has 0 spiro atoms. The maximum Gasteiger partial charge on any atom is 0.324 e. The second-order valence-corrected chi connectivity index (χ2v) is 4.53. The van der Waals surface area contributed by atoms with E-state index in [4.69, 9.17) is 4.52 Å². The van der Waals surface area contributed by atoms with Gasteiger partial charge in [-0.1, -0.05) is 35.5 Å². The molecule has 0 fully saturated rings. The Morgan fingerprint density at radius 2 is 1.73 bits per heavy atom. The van der Waals surface area contributed by atoms with Gasteiger partial charge in [0, 0.05) is 17.3 Å². The molecule has 1 heterocycles. The molecule has 1 aromatic heterocycles. The second kappa shape index (κ2) is 6.09. The minimum atomic E-state index is -0.487. The molecule has 5 nitrogen and oxygen atoms in total. The highest BCUT2D eigenvalue weighted by molar-refractivity contribution is 5.99. The van der Waals surface area contributed by atoms with Crippen molar-refractivity contribution in [3.8, 4) is 11.3 Å². The molecule has 2 N–H and O–H groups in total. The molecule has 6 heteroatoms. The molecule has 0 aliphatic rings. The molecule has 0 saturated heterocycles. The van der Waals surface area contributed by atoms with Crippen LogP contribution >= 0.6 is 0 Å². The van der Waals surface area contributed by atoms with Crippen molar-refractivity contribution >= 4 is 17.5 Å². The van der Waals surface area contributed by atoms with Gasteiger partial charge in [-0.15, -0.1) is 0 Å². The van der Waals surface area contributed by atoms with Crippen molar-refractivity contribution < 1.29 is 13.7 Å². The predicted molar refractivity (Wildman–Crippen MR) is 81.0 cm³/mol. The monoisotopic (exact) mass is 297 g/mol. The summed E-state index contributed by atoms with van der Waals surface area (Å²) in [5, 5.41) is 8.90. The summed E-state index contributed by atoms with van der Waals surface area (Å²) in [6.07, 6.45) is 0. The third kappa shape index (κ3) is 3.29. The molecule has 0 unspecified atom stereocenters. The molecular formula is C16H12FN3O2. The maximum atomic E-state index is 12.8. The van der Waals surface area contributed by atoms with E-state index >= 15 is 0 Å². The lowest BCUT2D eigenvalue weighted by Crippen LogP contribution is -2.19. The number of halogens is 1. The zero-order valence-electron chi connectivity index (χ0n) is 11.4. The van der Waals surface area contributed by atoms with E-state index in [0.29, 0.717) is 17.3 Å². The molecule has 0 radical (unpaired) electrons. The molecule has 3 aromatic rings. The summed E-state index contributed by atoms with van der Waals surface area (Å²) in [6.45, 7) is 0. The van der Waals surface area contributed by atoms with Gasteiger partial charge in [0.15, 0.2) is 11.6 Å². The number of amides is 2. The number of urea groups is 1. The lowest BCUT2D eigenvalue weighted by atomic mass is 10.2. The van der Waals surface area contributed by atoms with Crippen molar-refractivity contribution in [3.63, 3.8) is 0 Å². The van der Waals surface area contributed by atoms with Crippen molar-refractivity contribution in [3.05, 3.63) is 66.5 Å². The van der Waals surface area contributed by atoms with Gasteiger partial charge in [-0.05, 0) is 24.3 Å². The number of nitrogens with one attached hydrogen (secondary N) is 2. The Morgan fingerprint density at radius 1 is 1.00 bits per heavy atom. The van der Waals surface area contributed by atoms with E-state index in [2.05, 4.69) is 15.8 Å². The lowest BCUT2D eigenvalue weighted by molar-refractivity contribution is 0.262. The highest BCUT2D eigenvalue weighted by atomic mass is 19.1. The molecule has 2 amide bonds. The molecule has 0 atom stereocenters. The predicted octanol–water partition coefficient (Wildman–Crippen LogP) is 4.12. The zero-order valence-corrected chi connectivity index (χ0v) is 11.4. The van der Waals surface area contributed by atoms with E-state index in [1.165, 1.54) is 24.3 Å². The van der Waals surface area contributed by atoms with Crippen LogP contribution in [0.15, 0.2) is 65.2 Å². The number of hydrogen-bond donors (Lipinski definition) is 2. The van der Waals surface area contributed by atoms with Crippen LogP contribution in [-0.4, -0.2) is 11.2 Å². The Kier molecular flexibility index (Phi) is 3.82. The maximum absolute atomic E-state index is 12.8. The number of carbonyl (C=O) groups is 1. The number of benzene rings is 2. The second-order valence-electron chi connectivity index (χ2n) is 4.53. The number of aromatic nitrogens is 1. The molecule has 0 aliphatic heterocycles. The summed E-state index contributed by atoms with van der Waals surface area (Å²) in [5.74, 6) is 0.478. The van der Waals surface area contributed by atoms with Crippen molar-refractivity contribution in [2.75, 3.05) is 10.6 Å². The molecule has 2 aromatic carbocycles. The minimum Gasteiger partial charge on any atom is -0.354 e. The minimum absolute atomic E-state index is 0.290. The van der Waals surface area contributed by atoms with E-state index in [9.17, 15) is 9.18 Å². The van der Waals surface area contributed by atoms with Crippen LogP contribution in [0.2, 0.25) is 0 Å². The summed E-state index contributed by atoms with van der Waals surface area (Å²) in [7, 11) is 0. The first-order valence-corrected chi connectivity index (χ1v) is 6.56. The van der Waals surface area contributed by atoms with Crippen LogP contribution in [0.5, 0.6) is 0 Å². The average molecular weight is 297 g/mol. The first-order chi connectivity index (χ1) is 10.7. The fourth-order valence-electron chi connectivity index (χ4n) is 1.88. The van der Waals surface area contributed by atoms with Crippen LogP contribution in [0.25, 0.3) is 11.3 Å². The average Bonchev–Trinajstić information content (AvgIpc) is 2.99. The van der Waals surface area contributed by atoms with Crippen LogP contribution in [0.1, 0.15) is 0 Å². The van der Waals surface area contributed by atoms with Gasteiger partial charge in [0.1, 0.15) is 5.82 Å². The fraction of sp³-hybridized carbons (Fsp3) is 0. The smallest absolute Gasteiger partial charge is 0.324 e. The van der Waals surface area contributed by atoms with E-state index in [1.54, 1.807) is 6.07 Å². The number of hydrogen-bond acceptors (Lipinski definition) is 3. The summed E-state index contributed by atoms with van der Waals surface area (Å²) < 4.78 is 18.0. The van der Waals surface area contributed by atoms with Gasteiger partial charge in [0.05, 0.1) is 0 Å². The number of carbonyl (C=O) groups excluding carboxylic acids is 1. The quantitative estimate of drug-likeness (QED) is 0.764. The van der Waals surface area contributed by atoms with Crippen molar-refractivity contribution in [1.82, 2.24) is 5.16 Å². The molecule has 3 rings (SSSR count). The standard InChI is InChI=1S/C16H12FN3O2/c17-12-6-8-13(9-7-12)18-16(21)19-15-10-14(22-20-15)11-4-2-1-3-5-11/h1-10H,(H2,18,19,20,21). The molecule has 0 saturated carbocycles. The van der Waals surface area contributed by atoms with E-state index in [-0.39, 0.29) is 5.82 Å². The fourth-order valence-corrected chi connectivity index (χ4v) is 1.88. The molecule has 22 heavy (non-hydrogen) atoms. The first-order valence-electron chi connectivity index (χ1n) is 6.56. The summed E-state index contributed by atoms with van der Waals surface area (Å²) in [6, 6.07) is 16.0. The van der Waals surface area contributed by atoms with E-state index in [0.717, 1.165) is 5.56 Å². The van der Waals surface area contributed by atoms with Gasteiger partial charge >= 0.3 is 6.03 Å². The van der Waals surface area contributed by atoms with Gasteiger partial charge in [-0.25, -0.2) is 9.18 Å². The summed E-state index contributed by atoms with van der Waals surface area (Å²) >= 11 is 0. The molecule has 0 bridgehead atoms. The highest BCUT2D eigenvalue weighted by Crippen LogP contribution is 2.22. The van der Waals surface area contributed by atoms with Gasteiger partial charge < -0.3 is 9.84 Å². The highest BCUT2D eigenvalue weighted by Gasteiger charge is 2.09. The normalized spacial score (nSPS) is 10.2. The van der Waals surface area contributed by atoms with E-state index in [1.807, 2.05) is 30.3 Å². The van der Waals surface area contributed by atoms with Crippen molar-refractivity contribution in [2.45, 2.75) is 0 Å². The number of rotatable bonds is 3. The Hall–Kier alpha value is -3.15. The van der Waals surface area contributed by atoms with Crippen molar-refractivity contribution in [2.24, 2.45) is 0 Å². The lowest BCUT2D eigenvalue weighted by Gasteiger charge is -2.04. The van der Waals surface area contributed by atoms with Gasteiger partial charge in [0.25, 0.3) is 0 Å². The Balaban J connectivity index is 1.65. The van der Waals surface area contributed by atoms with Gasteiger partial charge in [-0.2, -0.15) is 0 Å². The SMILES string of the molecule is O=C(Nc1ccc(F)cc1)Nc1cc(-c2ccccc2)on1. The van der Waals surface area contributed by atoms with Crippen LogP contribution in [0, 0.1) is 5.82 Å². The van der Waals surface area contributed by atoms with Crippen molar-refractivity contribution in [1.29, 1.82) is 0 Å². The van der Waals surface area contributed by atoms with Crippen LogP contribution in [0.4, 0.5) is 20.7 Å². The van der Waals surface area contributed by atoms with Crippen LogP contribution < -0.4 is 10.6 Å². The van der Waals surface area contributed by atoms with Crippen LogP contribution in [0.3, 0.4) is 0 Å². The first kappa shape index (κ1) is 13.8. The number of anilines is 2. The topological polar surface area (TPSA) is 67.2 Å². The third-order valence-corrected chi connectivity index (χ3v) is 2.91. The molecular weight excluding hydrogens is 285 g/mol.